The molecule has 1 aliphatic heterocycles. The molecular formula is C24H23F2N5O4S2. The van der Waals surface area contributed by atoms with E-state index in [9.17, 15) is 23.1 Å². The number of rotatable bonds is 8. The first-order chi connectivity index (χ1) is 17.7. The minimum atomic E-state index is -3.37. The minimum absolute atomic E-state index is 0.00959. The van der Waals surface area contributed by atoms with Crippen LogP contribution in [0.1, 0.15) is 42.1 Å². The van der Waals surface area contributed by atoms with Crippen molar-refractivity contribution in [3.8, 4) is 11.3 Å². The van der Waals surface area contributed by atoms with Gasteiger partial charge in [0.2, 0.25) is 11.7 Å². The van der Waals surface area contributed by atoms with Gasteiger partial charge in [-0.1, -0.05) is 6.92 Å². The number of aromatic amines is 1. The van der Waals surface area contributed by atoms with Crippen molar-refractivity contribution >= 4 is 55.7 Å². The van der Waals surface area contributed by atoms with Crippen LogP contribution in [0, 0.1) is 11.6 Å². The molecule has 1 fully saturated rings. The average Bonchev–Trinajstić information content (AvgIpc) is 3.59. The molecule has 194 valence electrons. The van der Waals surface area contributed by atoms with Gasteiger partial charge in [-0.15, -0.1) is 22.1 Å². The Labute approximate surface area is 216 Å². The van der Waals surface area contributed by atoms with E-state index in [0.29, 0.717) is 46.8 Å². The van der Waals surface area contributed by atoms with Crippen molar-refractivity contribution in [3.63, 3.8) is 0 Å². The predicted molar refractivity (Wildman–Crippen MR) is 140 cm³/mol. The molecule has 1 amide bonds. The molecule has 4 heterocycles. The first-order valence-electron chi connectivity index (χ1n) is 11.5. The number of benzene rings is 1. The lowest BCUT2D eigenvalue weighted by Gasteiger charge is -2.33. The maximum atomic E-state index is 15.3. The third-order valence-electron chi connectivity index (χ3n) is 5.95. The van der Waals surface area contributed by atoms with Gasteiger partial charge in [0.05, 0.1) is 22.7 Å². The minimum Gasteiger partial charge on any atom is -0.345 e. The molecule has 4 N–H and O–H groups in total. The number of H-pyrrole nitrogens is 1. The molecule has 0 spiro atoms. The molecule has 3 aromatic heterocycles. The highest BCUT2D eigenvalue weighted by Gasteiger charge is 2.27. The van der Waals surface area contributed by atoms with Gasteiger partial charge in [-0.05, 0) is 31.0 Å². The molecule has 1 saturated heterocycles. The highest BCUT2D eigenvalue weighted by atomic mass is 32.3. The number of aromatic nitrogens is 3. The number of carbonyl (C=O) groups excluding carboxylic acids is 2. The quantitative estimate of drug-likeness (QED) is 0.205. The van der Waals surface area contributed by atoms with Gasteiger partial charge in [0, 0.05) is 47.3 Å². The number of fused-ring (bicyclic) bond motifs is 1. The van der Waals surface area contributed by atoms with Crippen LogP contribution in [-0.2, 0) is 4.79 Å². The molecule has 0 bridgehead atoms. The van der Waals surface area contributed by atoms with E-state index in [2.05, 4.69) is 19.7 Å². The van der Waals surface area contributed by atoms with Gasteiger partial charge in [0.15, 0.2) is 10.9 Å². The van der Waals surface area contributed by atoms with Crippen LogP contribution < -0.4 is 9.62 Å². The lowest BCUT2D eigenvalue weighted by molar-refractivity contribution is -0.117. The zero-order chi connectivity index (χ0) is 26.3. The van der Waals surface area contributed by atoms with E-state index in [1.165, 1.54) is 17.5 Å². The normalized spacial score (nSPS) is 14.5. The number of pyridine rings is 1. The Morgan fingerprint density at radius 3 is 2.86 bits per heavy atom. The van der Waals surface area contributed by atoms with Crippen LogP contribution in [0.2, 0.25) is 0 Å². The van der Waals surface area contributed by atoms with Crippen molar-refractivity contribution in [2.45, 2.75) is 26.2 Å². The van der Waals surface area contributed by atoms with E-state index in [1.807, 2.05) is 0 Å². The summed E-state index contributed by atoms with van der Waals surface area (Å²) < 4.78 is 52.4. The number of nitrogens with one attached hydrogen (secondary N) is 2. The van der Waals surface area contributed by atoms with Gasteiger partial charge in [-0.2, -0.15) is 0 Å². The molecule has 0 unspecified atom stereocenters. The first kappa shape index (κ1) is 25.3. The second kappa shape index (κ2) is 9.82. The SMILES string of the molecule is CCCS(O)(O)Nc1ccc(F)c(C(=O)c2c[nH]c3ncc(-c4csc(N5CCCC5=O)n4)cc23)c1F. The second-order valence-electron chi connectivity index (χ2n) is 8.57. The molecule has 1 aromatic carbocycles. The van der Waals surface area contributed by atoms with Gasteiger partial charge < -0.3 is 4.98 Å². The fourth-order valence-corrected chi connectivity index (χ4v) is 6.25. The smallest absolute Gasteiger partial charge is 0.228 e. The summed E-state index contributed by atoms with van der Waals surface area (Å²) >= 11 is 1.32. The summed E-state index contributed by atoms with van der Waals surface area (Å²) in [7, 11) is -3.37. The van der Waals surface area contributed by atoms with Gasteiger partial charge in [-0.3, -0.25) is 28.3 Å². The summed E-state index contributed by atoms with van der Waals surface area (Å²) in [6, 6.07) is 3.56. The van der Waals surface area contributed by atoms with E-state index >= 15 is 4.39 Å². The van der Waals surface area contributed by atoms with E-state index in [1.54, 1.807) is 29.5 Å². The molecule has 1 aliphatic rings. The fraction of sp³-hybridized carbons (Fsp3) is 0.250. The molecule has 9 nitrogen and oxygen atoms in total. The molecule has 4 aromatic rings. The summed E-state index contributed by atoms with van der Waals surface area (Å²) in [5.74, 6) is -3.26. The number of anilines is 2. The van der Waals surface area contributed by atoms with Crippen LogP contribution in [0.3, 0.4) is 0 Å². The average molecular weight is 548 g/mol. The van der Waals surface area contributed by atoms with E-state index in [4.69, 9.17) is 0 Å². The topological polar surface area (TPSA) is 131 Å². The van der Waals surface area contributed by atoms with Crippen LogP contribution in [0.15, 0.2) is 36.0 Å². The molecule has 0 atom stereocenters. The van der Waals surface area contributed by atoms with Crippen molar-refractivity contribution in [1.82, 2.24) is 15.0 Å². The van der Waals surface area contributed by atoms with Gasteiger partial charge in [0.1, 0.15) is 11.5 Å². The number of halogens is 2. The van der Waals surface area contributed by atoms with Crippen molar-refractivity contribution in [3.05, 3.63) is 58.7 Å². The zero-order valence-corrected chi connectivity index (χ0v) is 21.3. The molecule has 37 heavy (non-hydrogen) atoms. The van der Waals surface area contributed by atoms with Crippen molar-refractivity contribution < 1.29 is 27.5 Å². The van der Waals surface area contributed by atoms with Crippen molar-refractivity contribution in [2.75, 3.05) is 21.9 Å². The largest absolute Gasteiger partial charge is 0.345 e. The highest BCUT2D eigenvalue weighted by Crippen LogP contribution is 2.41. The molecule has 13 heteroatoms. The summed E-state index contributed by atoms with van der Waals surface area (Å²) in [5.41, 5.74) is 0.238. The highest BCUT2D eigenvalue weighted by molar-refractivity contribution is 8.25. The second-order valence-corrected chi connectivity index (χ2v) is 11.4. The Morgan fingerprint density at radius 1 is 1.32 bits per heavy atom. The molecule has 0 aliphatic carbocycles. The standard InChI is InChI=1S/C24H23F2N5O4S2/c1-2-8-37(34,35)30-17-6-5-16(25)20(21(17)26)22(33)15-11-28-23-14(15)9-13(10-27-23)18-12-36-24(29-18)31-7-3-4-19(31)32/h5-6,9-12,30,34-35H,2-4,7-8H2,1H3,(H,27,28). The van der Waals surface area contributed by atoms with Crippen LogP contribution in [0.25, 0.3) is 22.3 Å². The van der Waals surface area contributed by atoms with Crippen LogP contribution >= 0.6 is 22.1 Å². The Morgan fingerprint density at radius 2 is 2.14 bits per heavy atom. The van der Waals surface area contributed by atoms with Crippen molar-refractivity contribution in [2.24, 2.45) is 0 Å². The lowest BCUT2D eigenvalue weighted by Crippen LogP contribution is -2.23. The number of hydrogen-bond acceptors (Lipinski definition) is 8. The summed E-state index contributed by atoms with van der Waals surface area (Å²) in [6.45, 7) is 2.34. The number of amides is 1. The Balaban J connectivity index is 1.50. The summed E-state index contributed by atoms with van der Waals surface area (Å²) in [4.78, 5) is 38.7. The Bertz CT molecular complexity index is 1520. The van der Waals surface area contributed by atoms with Crippen LogP contribution in [0.4, 0.5) is 19.6 Å². The van der Waals surface area contributed by atoms with Crippen LogP contribution in [-0.4, -0.2) is 48.0 Å². The molecule has 5 rings (SSSR count). The number of nitrogens with zero attached hydrogens (tertiary/aromatic N) is 3. The van der Waals surface area contributed by atoms with Crippen LogP contribution in [0.5, 0.6) is 0 Å². The summed E-state index contributed by atoms with van der Waals surface area (Å²) in [6.07, 6.45) is 4.56. The van der Waals surface area contributed by atoms with E-state index < -0.39 is 33.8 Å². The van der Waals surface area contributed by atoms with E-state index in [-0.39, 0.29) is 22.9 Å². The van der Waals surface area contributed by atoms with Gasteiger partial charge >= 0.3 is 0 Å². The number of ketones is 1. The zero-order valence-electron chi connectivity index (χ0n) is 19.6. The maximum absolute atomic E-state index is 15.3. The Hall–Kier alpha value is -3.39. The monoisotopic (exact) mass is 547 g/mol. The third-order valence-corrected chi connectivity index (χ3v) is 8.34. The fourth-order valence-electron chi connectivity index (χ4n) is 4.19. The van der Waals surface area contributed by atoms with Crippen molar-refractivity contribution in [1.29, 1.82) is 0 Å². The van der Waals surface area contributed by atoms with Gasteiger partial charge in [0.25, 0.3) is 0 Å². The first-order valence-corrected chi connectivity index (χ1v) is 14.1. The molecule has 0 radical (unpaired) electrons. The number of carbonyl (C=O) groups is 2. The third kappa shape index (κ3) is 4.82. The Kier molecular flexibility index (Phi) is 6.70. The van der Waals surface area contributed by atoms with Gasteiger partial charge in [-0.25, -0.2) is 18.7 Å². The van der Waals surface area contributed by atoms with E-state index in [0.717, 1.165) is 18.6 Å². The maximum Gasteiger partial charge on any atom is 0.228 e. The number of thiazole rings is 1. The predicted octanol–water partition coefficient (Wildman–Crippen LogP) is 5.81. The summed E-state index contributed by atoms with van der Waals surface area (Å²) in [5, 5.41) is 2.69. The molecule has 0 saturated carbocycles. The lowest BCUT2D eigenvalue weighted by atomic mass is 10.0. The molecular weight excluding hydrogens is 524 g/mol. The number of hydrogen-bond donors (Lipinski definition) is 4.